The Morgan fingerprint density at radius 3 is 2.47 bits per heavy atom. The topological polar surface area (TPSA) is 49.4 Å². The lowest BCUT2D eigenvalue weighted by Crippen LogP contribution is -2.33. The average molecular weight is 419 g/mol. The first-order valence-electron chi connectivity index (χ1n) is 10.1. The van der Waals surface area contributed by atoms with E-state index in [1.807, 2.05) is 18.2 Å². The number of carbonyl (C=O) groups is 2. The van der Waals surface area contributed by atoms with Crippen LogP contribution in [0.4, 0.5) is 5.69 Å². The zero-order chi connectivity index (χ0) is 20.9. The highest BCUT2D eigenvalue weighted by atomic mass is 35.5. The van der Waals surface area contributed by atoms with Crippen LogP contribution in [0.25, 0.3) is 0 Å². The molecule has 4 nitrogen and oxygen atoms in total. The highest BCUT2D eigenvalue weighted by Gasteiger charge is 2.18. The van der Waals surface area contributed by atoms with Gasteiger partial charge >= 0.3 is 0 Å². The minimum absolute atomic E-state index is 0.113. The zero-order valence-corrected chi connectivity index (χ0v) is 17.4. The summed E-state index contributed by atoms with van der Waals surface area (Å²) in [6.07, 6.45) is 1.37. The molecule has 0 saturated carbocycles. The molecule has 3 aromatic rings. The quantitative estimate of drug-likeness (QED) is 0.576. The summed E-state index contributed by atoms with van der Waals surface area (Å²) in [7, 11) is 0. The maximum Gasteiger partial charge on any atom is 0.225 e. The summed E-state index contributed by atoms with van der Waals surface area (Å²) in [6.45, 7) is 2.49. The third-order valence-electron chi connectivity index (χ3n) is 5.40. The van der Waals surface area contributed by atoms with E-state index >= 15 is 0 Å². The van der Waals surface area contributed by atoms with E-state index in [2.05, 4.69) is 34.5 Å². The number of anilines is 1. The van der Waals surface area contributed by atoms with Crippen LogP contribution < -0.4 is 5.32 Å². The van der Waals surface area contributed by atoms with Crippen molar-refractivity contribution in [2.75, 3.05) is 18.4 Å². The molecule has 152 valence electrons. The van der Waals surface area contributed by atoms with Crippen molar-refractivity contribution in [2.24, 2.45) is 0 Å². The fourth-order valence-corrected chi connectivity index (χ4v) is 3.95. The van der Waals surface area contributed by atoms with Gasteiger partial charge in [-0.3, -0.25) is 14.5 Å². The van der Waals surface area contributed by atoms with Crippen molar-refractivity contribution < 1.29 is 9.59 Å². The summed E-state index contributed by atoms with van der Waals surface area (Å²) < 4.78 is 0. The Balaban J connectivity index is 1.41. The number of hydrogen-bond donors (Lipinski definition) is 1. The van der Waals surface area contributed by atoms with Gasteiger partial charge < -0.3 is 5.32 Å². The number of benzene rings is 3. The lowest BCUT2D eigenvalue weighted by molar-refractivity contribution is -0.116. The molecule has 3 aromatic carbocycles. The van der Waals surface area contributed by atoms with Gasteiger partial charge in [0.25, 0.3) is 0 Å². The number of nitrogens with one attached hydrogen (secondary N) is 1. The van der Waals surface area contributed by atoms with Crippen molar-refractivity contribution in [3.63, 3.8) is 0 Å². The van der Waals surface area contributed by atoms with Crippen LogP contribution in [0.3, 0.4) is 0 Å². The Labute approximate surface area is 181 Å². The summed E-state index contributed by atoms with van der Waals surface area (Å²) >= 11 is 6.12. The molecule has 0 aromatic heterocycles. The van der Waals surface area contributed by atoms with Gasteiger partial charge in [0, 0.05) is 42.2 Å². The molecule has 0 unspecified atom stereocenters. The predicted molar refractivity (Wildman–Crippen MR) is 120 cm³/mol. The maximum absolute atomic E-state index is 12.9. The molecule has 0 atom stereocenters. The van der Waals surface area contributed by atoms with Crippen LogP contribution in [0.5, 0.6) is 0 Å². The number of rotatable bonds is 6. The Hall–Kier alpha value is -2.95. The van der Waals surface area contributed by atoms with E-state index in [1.54, 1.807) is 30.3 Å². The lowest BCUT2D eigenvalue weighted by atomic mass is 10.00. The van der Waals surface area contributed by atoms with Crippen molar-refractivity contribution in [3.05, 3.63) is 100 Å². The molecular weight excluding hydrogens is 396 g/mol. The van der Waals surface area contributed by atoms with Gasteiger partial charge in [-0.2, -0.15) is 0 Å². The second-order valence-corrected chi connectivity index (χ2v) is 7.91. The Morgan fingerprint density at radius 2 is 1.67 bits per heavy atom. The van der Waals surface area contributed by atoms with E-state index in [0.29, 0.717) is 34.8 Å². The lowest BCUT2D eigenvalue weighted by Gasteiger charge is -2.28. The first-order chi connectivity index (χ1) is 14.6. The van der Waals surface area contributed by atoms with Crippen LogP contribution in [-0.2, 0) is 17.8 Å². The van der Waals surface area contributed by atoms with Crippen LogP contribution >= 0.6 is 11.6 Å². The van der Waals surface area contributed by atoms with Crippen molar-refractivity contribution in [2.45, 2.75) is 19.4 Å². The number of carbonyl (C=O) groups excluding carboxylic acids is 2. The fourth-order valence-electron chi connectivity index (χ4n) is 3.78. The molecule has 1 aliphatic rings. The number of nitrogens with zero attached hydrogens (tertiary/aromatic N) is 1. The standard InChI is InChI=1S/C25H23ClN2O2/c26-21-10-11-23(22(16-21)25(30)19-7-2-1-3-8-19)27-24(29)13-15-28-14-12-18-6-4-5-9-20(18)17-28/h1-11,16H,12-15,17H2,(H,27,29). The third-order valence-corrected chi connectivity index (χ3v) is 5.64. The fraction of sp³-hybridized carbons (Fsp3) is 0.200. The average Bonchev–Trinajstić information content (AvgIpc) is 2.79. The van der Waals surface area contributed by atoms with E-state index in [0.717, 1.165) is 19.5 Å². The van der Waals surface area contributed by atoms with Gasteiger partial charge in [-0.15, -0.1) is 0 Å². The summed E-state index contributed by atoms with van der Waals surface area (Å²) in [5.74, 6) is -0.278. The number of hydrogen-bond acceptors (Lipinski definition) is 3. The Kier molecular flexibility index (Phi) is 6.26. The van der Waals surface area contributed by atoms with Crippen LogP contribution in [0, 0.1) is 0 Å². The highest BCUT2D eigenvalue weighted by molar-refractivity contribution is 6.31. The van der Waals surface area contributed by atoms with E-state index in [9.17, 15) is 9.59 Å². The molecule has 1 heterocycles. The van der Waals surface area contributed by atoms with Gasteiger partial charge in [0.15, 0.2) is 5.78 Å². The minimum atomic E-state index is -0.166. The van der Waals surface area contributed by atoms with Crippen LogP contribution in [0.2, 0.25) is 5.02 Å². The van der Waals surface area contributed by atoms with Crippen molar-refractivity contribution >= 4 is 29.0 Å². The molecule has 0 aliphatic carbocycles. The number of ketones is 1. The molecule has 0 fully saturated rings. The van der Waals surface area contributed by atoms with Crippen molar-refractivity contribution in [3.8, 4) is 0 Å². The van der Waals surface area contributed by atoms with Crippen molar-refractivity contribution in [1.82, 2.24) is 4.90 Å². The molecule has 30 heavy (non-hydrogen) atoms. The van der Waals surface area contributed by atoms with E-state index < -0.39 is 0 Å². The maximum atomic E-state index is 12.9. The van der Waals surface area contributed by atoms with Gasteiger partial charge in [-0.25, -0.2) is 0 Å². The molecule has 0 spiro atoms. The van der Waals surface area contributed by atoms with E-state index in [-0.39, 0.29) is 11.7 Å². The van der Waals surface area contributed by atoms with Gasteiger partial charge in [-0.05, 0) is 35.7 Å². The summed E-state index contributed by atoms with van der Waals surface area (Å²) in [5, 5.41) is 3.36. The Morgan fingerprint density at radius 1 is 0.933 bits per heavy atom. The first-order valence-corrected chi connectivity index (χ1v) is 10.5. The number of fused-ring (bicyclic) bond motifs is 1. The molecule has 0 radical (unpaired) electrons. The number of amides is 1. The largest absolute Gasteiger partial charge is 0.325 e. The normalized spacial score (nSPS) is 13.5. The molecule has 1 aliphatic heterocycles. The number of halogens is 1. The minimum Gasteiger partial charge on any atom is -0.325 e. The molecule has 1 amide bonds. The smallest absolute Gasteiger partial charge is 0.225 e. The van der Waals surface area contributed by atoms with Crippen LogP contribution in [0.1, 0.15) is 33.5 Å². The van der Waals surface area contributed by atoms with Gasteiger partial charge in [0.05, 0.1) is 5.69 Å². The van der Waals surface area contributed by atoms with E-state index in [1.165, 1.54) is 11.1 Å². The molecule has 0 saturated heterocycles. The zero-order valence-electron chi connectivity index (χ0n) is 16.6. The second kappa shape index (κ2) is 9.24. The molecule has 0 bridgehead atoms. The second-order valence-electron chi connectivity index (χ2n) is 7.48. The molecular formula is C25H23ClN2O2. The Bertz CT molecular complexity index is 1070. The van der Waals surface area contributed by atoms with Gasteiger partial charge in [0.2, 0.25) is 5.91 Å². The predicted octanol–water partition coefficient (Wildman–Crippen LogP) is 4.96. The monoisotopic (exact) mass is 418 g/mol. The summed E-state index contributed by atoms with van der Waals surface area (Å²) in [5.41, 5.74) is 4.17. The van der Waals surface area contributed by atoms with Gasteiger partial charge in [0.1, 0.15) is 0 Å². The molecule has 4 rings (SSSR count). The first kappa shape index (κ1) is 20.3. The van der Waals surface area contributed by atoms with E-state index in [4.69, 9.17) is 11.6 Å². The van der Waals surface area contributed by atoms with Crippen molar-refractivity contribution in [1.29, 1.82) is 0 Å². The molecule has 1 N–H and O–H groups in total. The highest BCUT2D eigenvalue weighted by Crippen LogP contribution is 2.24. The summed E-state index contributed by atoms with van der Waals surface area (Å²) in [4.78, 5) is 27.8. The van der Waals surface area contributed by atoms with Gasteiger partial charge in [-0.1, -0.05) is 66.2 Å². The molecule has 5 heteroatoms. The van der Waals surface area contributed by atoms with Crippen LogP contribution in [0.15, 0.2) is 72.8 Å². The summed E-state index contributed by atoms with van der Waals surface area (Å²) in [6, 6.07) is 22.4. The van der Waals surface area contributed by atoms with Crippen LogP contribution in [-0.4, -0.2) is 29.7 Å². The SMILES string of the molecule is O=C(CCN1CCc2ccccc2C1)Nc1ccc(Cl)cc1C(=O)c1ccccc1. The third kappa shape index (κ3) is 4.78.